The molecule has 0 aliphatic heterocycles. The number of hydrogen-bond donors (Lipinski definition) is 1. The summed E-state index contributed by atoms with van der Waals surface area (Å²) < 4.78 is 10.4. The van der Waals surface area contributed by atoms with E-state index in [-0.39, 0.29) is 11.6 Å². The summed E-state index contributed by atoms with van der Waals surface area (Å²) in [7, 11) is 1.58. The molecule has 0 atom stereocenters. The SMILES string of the molecule is COc1cccc(/C=N/NC(=O)COc2cccc(Cl)c2Cl)c1. The fourth-order valence-electron chi connectivity index (χ4n) is 1.67. The van der Waals surface area contributed by atoms with Gasteiger partial charge in [0.15, 0.2) is 6.61 Å². The molecular formula is C16H14Cl2N2O3. The molecule has 1 amide bonds. The zero-order valence-electron chi connectivity index (χ0n) is 12.3. The number of ether oxygens (including phenoxy) is 2. The van der Waals surface area contributed by atoms with Crippen LogP contribution in [0.25, 0.3) is 0 Å². The van der Waals surface area contributed by atoms with Crippen molar-refractivity contribution in [3.8, 4) is 11.5 Å². The Morgan fingerprint density at radius 2 is 2.04 bits per heavy atom. The van der Waals surface area contributed by atoms with E-state index in [1.807, 2.05) is 18.2 Å². The smallest absolute Gasteiger partial charge is 0.277 e. The van der Waals surface area contributed by atoms with E-state index in [0.29, 0.717) is 16.5 Å². The fraction of sp³-hybridized carbons (Fsp3) is 0.125. The Morgan fingerprint density at radius 1 is 1.26 bits per heavy atom. The van der Waals surface area contributed by atoms with Gasteiger partial charge in [-0.15, -0.1) is 0 Å². The lowest BCUT2D eigenvalue weighted by molar-refractivity contribution is -0.123. The number of benzene rings is 2. The van der Waals surface area contributed by atoms with Crippen molar-refractivity contribution in [2.45, 2.75) is 0 Å². The molecule has 1 N–H and O–H groups in total. The van der Waals surface area contributed by atoms with Gasteiger partial charge >= 0.3 is 0 Å². The van der Waals surface area contributed by atoms with Gasteiger partial charge in [0.2, 0.25) is 0 Å². The molecule has 0 unspecified atom stereocenters. The first kappa shape index (κ1) is 17.1. The Balaban J connectivity index is 1.85. The average molecular weight is 353 g/mol. The average Bonchev–Trinajstić information content (AvgIpc) is 2.56. The second kappa shape index (κ2) is 8.41. The zero-order valence-corrected chi connectivity index (χ0v) is 13.8. The van der Waals surface area contributed by atoms with Crippen LogP contribution in [0.15, 0.2) is 47.6 Å². The molecule has 0 saturated carbocycles. The van der Waals surface area contributed by atoms with E-state index in [4.69, 9.17) is 32.7 Å². The van der Waals surface area contributed by atoms with Crippen molar-refractivity contribution in [3.05, 3.63) is 58.1 Å². The second-order valence-corrected chi connectivity index (χ2v) is 5.20. The van der Waals surface area contributed by atoms with E-state index in [0.717, 1.165) is 5.56 Å². The molecule has 2 rings (SSSR count). The molecule has 0 aliphatic rings. The van der Waals surface area contributed by atoms with Crippen LogP contribution in [-0.2, 0) is 4.79 Å². The van der Waals surface area contributed by atoms with Crippen LogP contribution in [0.2, 0.25) is 10.0 Å². The number of rotatable bonds is 6. The van der Waals surface area contributed by atoms with Gasteiger partial charge in [-0.1, -0.05) is 41.4 Å². The molecule has 0 bridgehead atoms. The number of amides is 1. The zero-order chi connectivity index (χ0) is 16.7. The molecule has 7 heteroatoms. The molecule has 0 saturated heterocycles. The Labute approximate surface area is 143 Å². The third-order valence-electron chi connectivity index (χ3n) is 2.77. The maximum absolute atomic E-state index is 11.7. The number of nitrogens with one attached hydrogen (secondary N) is 1. The highest BCUT2D eigenvalue weighted by Crippen LogP contribution is 2.31. The Hall–Kier alpha value is -2.24. The molecule has 0 heterocycles. The second-order valence-electron chi connectivity index (χ2n) is 4.41. The highest BCUT2D eigenvalue weighted by atomic mass is 35.5. The monoisotopic (exact) mass is 352 g/mol. The normalized spacial score (nSPS) is 10.6. The maximum atomic E-state index is 11.7. The van der Waals surface area contributed by atoms with Crippen LogP contribution in [-0.4, -0.2) is 25.8 Å². The molecule has 0 spiro atoms. The van der Waals surface area contributed by atoms with Crippen molar-refractivity contribution in [3.63, 3.8) is 0 Å². The molecule has 23 heavy (non-hydrogen) atoms. The van der Waals surface area contributed by atoms with Gasteiger partial charge in [-0.3, -0.25) is 4.79 Å². The first-order valence-electron chi connectivity index (χ1n) is 6.63. The largest absolute Gasteiger partial charge is 0.497 e. The number of methoxy groups -OCH3 is 1. The van der Waals surface area contributed by atoms with Crippen molar-refractivity contribution < 1.29 is 14.3 Å². The first-order chi connectivity index (χ1) is 11.1. The molecule has 0 aromatic heterocycles. The molecule has 2 aromatic rings. The van der Waals surface area contributed by atoms with Gasteiger partial charge in [0.05, 0.1) is 18.3 Å². The van der Waals surface area contributed by atoms with Crippen LogP contribution >= 0.6 is 23.2 Å². The Bertz CT molecular complexity index is 720. The summed E-state index contributed by atoms with van der Waals surface area (Å²) in [5.74, 6) is 0.630. The number of carbonyl (C=O) groups is 1. The van der Waals surface area contributed by atoms with Crippen molar-refractivity contribution in [1.82, 2.24) is 5.43 Å². The van der Waals surface area contributed by atoms with Crippen LogP contribution in [0.1, 0.15) is 5.56 Å². The molecule has 5 nitrogen and oxygen atoms in total. The first-order valence-corrected chi connectivity index (χ1v) is 7.38. The number of nitrogens with zero attached hydrogens (tertiary/aromatic N) is 1. The van der Waals surface area contributed by atoms with Crippen LogP contribution < -0.4 is 14.9 Å². The summed E-state index contributed by atoms with van der Waals surface area (Å²) >= 11 is 11.8. The summed E-state index contributed by atoms with van der Waals surface area (Å²) in [5.41, 5.74) is 3.16. The highest BCUT2D eigenvalue weighted by Gasteiger charge is 2.07. The predicted octanol–water partition coefficient (Wildman–Crippen LogP) is 3.53. The molecule has 0 aliphatic carbocycles. The van der Waals surface area contributed by atoms with Crippen molar-refractivity contribution in [1.29, 1.82) is 0 Å². The van der Waals surface area contributed by atoms with Gasteiger partial charge in [-0.2, -0.15) is 5.10 Å². The number of hydrazone groups is 1. The predicted molar refractivity (Wildman–Crippen MR) is 90.7 cm³/mol. The minimum Gasteiger partial charge on any atom is -0.497 e. The quantitative estimate of drug-likeness (QED) is 0.638. The van der Waals surface area contributed by atoms with E-state index in [1.165, 1.54) is 6.21 Å². The highest BCUT2D eigenvalue weighted by molar-refractivity contribution is 6.42. The third-order valence-corrected chi connectivity index (χ3v) is 3.57. The lowest BCUT2D eigenvalue weighted by Crippen LogP contribution is -2.24. The van der Waals surface area contributed by atoms with Crippen molar-refractivity contribution >= 4 is 35.3 Å². The summed E-state index contributed by atoms with van der Waals surface area (Å²) in [6.45, 7) is -0.227. The van der Waals surface area contributed by atoms with Crippen LogP contribution in [0.5, 0.6) is 11.5 Å². The van der Waals surface area contributed by atoms with Crippen LogP contribution in [0, 0.1) is 0 Å². The van der Waals surface area contributed by atoms with Crippen LogP contribution in [0.4, 0.5) is 0 Å². The minimum atomic E-state index is -0.416. The van der Waals surface area contributed by atoms with E-state index in [2.05, 4.69) is 10.5 Å². The van der Waals surface area contributed by atoms with Gasteiger partial charge in [0.25, 0.3) is 5.91 Å². The molecule has 120 valence electrons. The lowest BCUT2D eigenvalue weighted by atomic mass is 10.2. The molecule has 0 radical (unpaired) electrons. The van der Waals surface area contributed by atoms with Gasteiger partial charge < -0.3 is 9.47 Å². The maximum Gasteiger partial charge on any atom is 0.277 e. The van der Waals surface area contributed by atoms with E-state index in [9.17, 15) is 4.79 Å². The van der Waals surface area contributed by atoms with Crippen molar-refractivity contribution in [2.24, 2.45) is 5.10 Å². The Kier molecular flexibility index (Phi) is 6.26. The van der Waals surface area contributed by atoms with Crippen molar-refractivity contribution in [2.75, 3.05) is 13.7 Å². The molecule has 2 aromatic carbocycles. The van der Waals surface area contributed by atoms with Gasteiger partial charge in [0, 0.05) is 0 Å². The van der Waals surface area contributed by atoms with E-state index < -0.39 is 5.91 Å². The molecule has 0 fully saturated rings. The van der Waals surface area contributed by atoms with E-state index >= 15 is 0 Å². The summed E-state index contributed by atoms with van der Waals surface area (Å²) in [4.78, 5) is 11.7. The van der Waals surface area contributed by atoms with Crippen LogP contribution in [0.3, 0.4) is 0 Å². The fourth-order valence-corrected chi connectivity index (χ4v) is 2.02. The lowest BCUT2D eigenvalue weighted by Gasteiger charge is -2.07. The van der Waals surface area contributed by atoms with Gasteiger partial charge in [0.1, 0.15) is 16.5 Å². The minimum absolute atomic E-state index is 0.227. The standard InChI is InChI=1S/C16H14Cl2N2O3/c1-22-12-5-2-4-11(8-12)9-19-20-15(21)10-23-14-7-3-6-13(17)16(14)18/h2-9H,10H2,1H3,(H,20,21)/b19-9+. The number of halogens is 2. The van der Waals surface area contributed by atoms with Gasteiger partial charge in [-0.05, 0) is 29.8 Å². The topological polar surface area (TPSA) is 59.9 Å². The Morgan fingerprint density at radius 3 is 2.83 bits per heavy atom. The summed E-state index contributed by atoms with van der Waals surface area (Å²) in [6.07, 6.45) is 1.51. The number of hydrogen-bond acceptors (Lipinski definition) is 4. The summed E-state index contributed by atoms with van der Waals surface area (Å²) in [6, 6.07) is 12.2. The molecular weight excluding hydrogens is 339 g/mol. The van der Waals surface area contributed by atoms with E-state index in [1.54, 1.807) is 31.4 Å². The third kappa shape index (κ3) is 5.16. The number of carbonyl (C=O) groups excluding carboxylic acids is 1. The van der Waals surface area contributed by atoms with Gasteiger partial charge in [-0.25, -0.2) is 5.43 Å². The summed E-state index contributed by atoms with van der Waals surface area (Å²) in [5, 5.41) is 4.48.